The van der Waals surface area contributed by atoms with Crippen molar-refractivity contribution in [2.75, 3.05) is 5.75 Å². The summed E-state index contributed by atoms with van der Waals surface area (Å²) in [5.74, 6) is 1.01. The van der Waals surface area contributed by atoms with Gasteiger partial charge in [0, 0.05) is 18.4 Å². The second-order valence-corrected chi connectivity index (χ2v) is 4.64. The fourth-order valence-corrected chi connectivity index (χ4v) is 1.69. The van der Waals surface area contributed by atoms with E-state index in [1.165, 1.54) is 18.0 Å². The molecule has 0 amide bonds. The number of hydrogen-bond acceptors (Lipinski definition) is 4. The second-order valence-electron chi connectivity index (χ2n) is 2.91. The summed E-state index contributed by atoms with van der Waals surface area (Å²) >= 11 is 6.44. The van der Waals surface area contributed by atoms with Crippen LogP contribution in [0.3, 0.4) is 0 Å². The maximum Gasteiger partial charge on any atom is 0.159 e. The Morgan fingerprint density at radius 3 is 3.00 bits per heavy atom. The summed E-state index contributed by atoms with van der Waals surface area (Å²) in [5, 5.41) is 15.3. The maximum atomic E-state index is 8.34. The van der Waals surface area contributed by atoms with Crippen molar-refractivity contribution in [3.05, 3.63) is 0 Å². The summed E-state index contributed by atoms with van der Waals surface area (Å²) in [6, 6.07) is 2.06. The van der Waals surface area contributed by atoms with Crippen LogP contribution in [0.15, 0.2) is 4.99 Å². The molecule has 0 aliphatic heterocycles. The van der Waals surface area contributed by atoms with Crippen LogP contribution in [-0.2, 0) is 0 Å². The van der Waals surface area contributed by atoms with Gasteiger partial charge in [0.1, 0.15) is 0 Å². The molecule has 0 aliphatic carbocycles. The first kappa shape index (κ1) is 14.3. The molecule has 1 atom stereocenters. The quantitative estimate of drug-likeness (QED) is 0.441. The highest BCUT2D eigenvalue weighted by molar-refractivity contribution is 8.23. The van der Waals surface area contributed by atoms with Crippen molar-refractivity contribution >= 4 is 40.7 Å². The van der Waals surface area contributed by atoms with Crippen LogP contribution in [0.4, 0.5) is 0 Å². The normalized spacial score (nSPS) is 12.3. The Morgan fingerprint density at radius 2 is 2.47 bits per heavy atom. The molecule has 0 aliphatic rings. The molecule has 0 saturated heterocycles. The number of nitrogens with one attached hydrogen (secondary N) is 1. The van der Waals surface area contributed by atoms with Crippen molar-refractivity contribution in [2.45, 2.75) is 26.2 Å². The SMILES string of the molecule is CCC(C=NC(=S)SCCC#N)CC=N. The Bertz CT molecular complexity index is 268. The predicted octanol–water partition coefficient (Wildman–Crippen LogP) is 3.05. The number of aliphatic imine (C=N–C) groups is 1. The van der Waals surface area contributed by atoms with Crippen LogP contribution in [0.2, 0.25) is 0 Å². The Kier molecular flexibility index (Phi) is 9.33. The van der Waals surface area contributed by atoms with E-state index in [2.05, 4.69) is 18.0 Å². The number of nitrogens with zero attached hydrogens (tertiary/aromatic N) is 2. The topological polar surface area (TPSA) is 60.0 Å². The number of rotatable bonds is 6. The monoisotopic (exact) mass is 241 g/mol. The van der Waals surface area contributed by atoms with E-state index in [0.29, 0.717) is 28.8 Å². The van der Waals surface area contributed by atoms with E-state index >= 15 is 0 Å². The van der Waals surface area contributed by atoms with Gasteiger partial charge < -0.3 is 5.41 Å². The first-order chi connectivity index (χ1) is 7.24. The molecule has 3 nitrogen and oxygen atoms in total. The Labute approximate surface area is 100 Å². The molecule has 15 heavy (non-hydrogen) atoms. The highest BCUT2D eigenvalue weighted by atomic mass is 32.2. The minimum absolute atomic E-state index is 0.303. The third kappa shape index (κ3) is 8.28. The van der Waals surface area contributed by atoms with Crippen molar-refractivity contribution in [3.8, 4) is 6.07 Å². The maximum absolute atomic E-state index is 8.34. The summed E-state index contributed by atoms with van der Waals surface area (Å²) in [6.07, 6.45) is 5.38. The van der Waals surface area contributed by atoms with Gasteiger partial charge in [-0.2, -0.15) is 5.26 Å². The molecular weight excluding hydrogens is 226 g/mol. The van der Waals surface area contributed by atoms with Gasteiger partial charge in [-0.05, 0) is 25.0 Å². The number of hydrogen-bond donors (Lipinski definition) is 1. The highest BCUT2D eigenvalue weighted by Crippen LogP contribution is 2.09. The van der Waals surface area contributed by atoms with E-state index < -0.39 is 0 Å². The van der Waals surface area contributed by atoms with Crippen LogP contribution in [-0.4, -0.2) is 22.5 Å². The van der Waals surface area contributed by atoms with Crippen LogP contribution in [0.5, 0.6) is 0 Å². The van der Waals surface area contributed by atoms with Gasteiger partial charge in [-0.1, -0.05) is 30.9 Å². The lowest BCUT2D eigenvalue weighted by molar-refractivity contribution is 0.714. The lowest BCUT2D eigenvalue weighted by Gasteiger charge is -2.03. The van der Waals surface area contributed by atoms with Gasteiger partial charge in [-0.3, -0.25) is 0 Å². The second kappa shape index (κ2) is 9.81. The number of nitriles is 1. The Morgan fingerprint density at radius 1 is 1.73 bits per heavy atom. The zero-order valence-electron chi connectivity index (χ0n) is 8.77. The fraction of sp³-hybridized carbons (Fsp3) is 0.600. The minimum Gasteiger partial charge on any atom is -0.313 e. The van der Waals surface area contributed by atoms with E-state index in [9.17, 15) is 0 Å². The van der Waals surface area contributed by atoms with Crippen molar-refractivity contribution in [1.29, 1.82) is 10.7 Å². The van der Waals surface area contributed by atoms with Crippen LogP contribution >= 0.6 is 24.0 Å². The molecule has 0 fully saturated rings. The number of thioether (sulfide) groups is 1. The Balaban J connectivity index is 3.87. The lowest BCUT2D eigenvalue weighted by atomic mass is 10.1. The van der Waals surface area contributed by atoms with Crippen molar-refractivity contribution < 1.29 is 0 Å². The molecule has 82 valence electrons. The van der Waals surface area contributed by atoms with Crippen molar-refractivity contribution in [2.24, 2.45) is 10.9 Å². The first-order valence-corrected chi connectivity index (χ1v) is 6.20. The largest absolute Gasteiger partial charge is 0.313 e. The van der Waals surface area contributed by atoms with E-state index in [1.54, 1.807) is 0 Å². The van der Waals surface area contributed by atoms with Crippen LogP contribution in [0.1, 0.15) is 26.2 Å². The standard InChI is InChI=1S/C10H15N3S2/c1-2-9(4-6-12)8-13-10(14)15-7-3-5-11/h6,8-9,12H,2-4,7H2,1H3. The van der Waals surface area contributed by atoms with E-state index in [1.807, 2.05) is 6.21 Å². The molecule has 5 heteroatoms. The van der Waals surface area contributed by atoms with Gasteiger partial charge in [0.2, 0.25) is 0 Å². The minimum atomic E-state index is 0.303. The van der Waals surface area contributed by atoms with Gasteiger partial charge in [0.25, 0.3) is 0 Å². The summed E-state index contributed by atoms with van der Waals surface area (Å²) in [6.45, 7) is 2.06. The van der Waals surface area contributed by atoms with Gasteiger partial charge in [-0.25, -0.2) is 4.99 Å². The van der Waals surface area contributed by atoms with Gasteiger partial charge in [-0.15, -0.1) is 0 Å². The predicted molar refractivity (Wildman–Crippen MR) is 71.0 cm³/mol. The average molecular weight is 241 g/mol. The number of thiocarbonyl (C=S) groups is 1. The molecule has 0 bridgehead atoms. The average Bonchev–Trinajstić information content (AvgIpc) is 2.24. The zero-order chi connectivity index (χ0) is 11.5. The van der Waals surface area contributed by atoms with E-state index in [4.69, 9.17) is 22.9 Å². The van der Waals surface area contributed by atoms with Gasteiger partial charge >= 0.3 is 0 Å². The third-order valence-corrected chi connectivity index (χ3v) is 2.99. The van der Waals surface area contributed by atoms with Crippen LogP contribution < -0.4 is 0 Å². The van der Waals surface area contributed by atoms with Gasteiger partial charge in [0.15, 0.2) is 4.32 Å². The summed E-state index contributed by atoms with van der Waals surface area (Å²) in [7, 11) is 0. The molecule has 0 aromatic carbocycles. The van der Waals surface area contributed by atoms with Crippen molar-refractivity contribution in [1.82, 2.24) is 0 Å². The van der Waals surface area contributed by atoms with E-state index in [0.717, 1.165) is 6.42 Å². The molecule has 0 aromatic rings. The van der Waals surface area contributed by atoms with Crippen molar-refractivity contribution in [3.63, 3.8) is 0 Å². The molecule has 1 unspecified atom stereocenters. The molecule has 0 aromatic heterocycles. The summed E-state index contributed by atoms with van der Waals surface area (Å²) < 4.78 is 0.577. The lowest BCUT2D eigenvalue weighted by Crippen LogP contribution is -2.01. The van der Waals surface area contributed by atoms with Crippen LogP contribution in [0, 0.1) is 22.7 Å². The molecular formula is C10H15N3S2. The first-order valence-electron chi connectivity index (χ1n) is 4.81. The molecule has 0 radical (unpaired) electrons. The summed E-state index contributed by atoms with van der Waals surface area (Å²) in [5.41, 5.74) is 0. The molecule has 0 heterocycles. The highest BCUT2D eigenvalue weighted by Gasteiger charge is 2.01. The Hall–Kier alpha value is -0.730. The van der Waals surface area contributed by atoms with Gasteiger partial charge in [0.05, 0.1) is 6.07 Å². The van der Waals surface area contributed by atoms with Crippen LogP contribution in [0.25, 0.3) is 0 Å². The molecule has 0 saturated carbocycles. The third-order valence-electron chi connectivity index (χ3n) is 1.78. The molecule has 0 spiro atoms. The zero-order valence-corrected chi connectivity index (χ0v) is 10.4. The van der Waals surface area contributed by atoms with E-state index in [-0.39, 0.29) is 0 Å². The molecule has 0 rings (SSSR count). The summed E-state index contributed by atoms with van der Waals surface area (Å²) in [4.78, 5) is 4.14. The smallest absolute Gasteiger partial charge is 0.159 e. The fourth-order valence-electron chi connectivity index (χ4n) is 0.872. The molecule has 1 N–H and O–H groups in total.